The number of anilines is 1. The second-order valence-electron chi connectivity index (χ2n) is 9.76. The van der Waals surface area contributed by atoms with E-state index in [-0.39, 0.29) is 29.1 Å². The Morgan fingerprint density at radius 2 is 1.55 bits per heavy atom. The molecule has 0 aliphatic rings. The van der Waals surface area contributed by atoms with Gasteiger partial charge in [0.05, 0.1) is 17.7 Å². The lowest BCUT2D eigenvalue weighted by Gasteiger charge is -2.33. The summed E-state index contributed by atoms with van der Waals surface area (Å²) in [6, 6.07) is 17.3. The molecule has 0 saturated heterocycles. The van der Waals surface area contributed by atoms with E-state index in [4.69, 9.17) is 4.74 Å². The number of nitrogens with one attached hydrogen (secondary N) is 1. The summed E-state index contributed by atoms with van der Waals surface area (Å²) in [6.07, 6.45) is 0.290. The van der Waals surface area contributed by atoms with Crippen LogP contribution in [0.1, 0.15) is 38.3 Å². The maximum Gasteiger partial charge on any atom is 0.264 e. The molecule has 1 N–H and O–H groups in total. The highest BCUT2D eigenvalue weighted by molar-refractivity contribution is 7.92. The lowest BCUT2D eigenvalue weighted by atomic mass is 10.1. The second kappa shape index (κ2) is 13.4. The molecular weight excluding hydrogens is 533 g/mol. The molecule has 3 aromatic rings. The molecule has 40 heavy (non-hydrogen) atoms. The zero-order valence-electron chi connectivity index (χ0n) is 23.4. The summed E-state index contributed by atoms with van der Waals surface area (Å²) in [5.41, 5.74) is 1.75. The Morgan fingerprint density at radius 1 is 0.950 bits per heavy atom. The number of amides is 2. The predicted molar refractivity (Wildman–Crippen MR) is 153 cm³/mol. The van der Waals surface area contributed by atoms with Crippen LogP contribution < -0.4 is 14.4 Å². The van der Waals surface area contributed by atoms with Crippen molar-refractivity contribution >= 4 is 27.5 Å². The van der Waals surface area contributed by atoms with Gasteiger partial charge in [0, 0.05) is 12.6 Å². The van der Waals surface area contributed by atoms with E-state index in [0.717, 1.165) is 9.87 Å². The number of rotatable bonds is 12. The molecule has 3 rings (SSSR count). The fourth-order valence-corrected chi connectivity index (χ4v) is 5.62. The smallest absolute Gasteiger partial charge is 0.264 e. The molecule has 0 fully saturated rings. The molecule has 8 nitrogen and oxygen atoms in total. The Balaban J connectivity index is 2.06. The average Bonchev–Trinajstić information content (AvgIpc) is 2.92. The Hall–Kier alpha value is -3.92. The minimum atomic E-state index is -4.17. The highest BCUT2D eigenvalue weighted by atomic mass is 32.2. The highest BCUT2D eigenvalue weighted by Crippen LogP contribution is 2.27. The van der Waals surface area contributed by atoms with E-state index in [1.165, 1.54) is 48.4 Å². The zero-order valence-corrected chi connectivity index (χ0v) is 24.2. The number of hydrogen-bond acceptors (Lipinski definition) is 5. The van der Waals surface area contributed by atoms with Gasteiger partial charge in [-0.2, -0.15) is 0 Å². The van der Waals surface area contributed by atoms with Crippen molar-refractivity contribution < 1.29 is 27.1 Å². The van der Waals surface area contributed by atoms with Crippen molar-refractivity contribution in [2.45, 2.75) is 57.6 Å². The first-order valence-corrected chi connectivity index (χ1v) is 14.5. The maximum absolute atomic E-state index is 14.0. The fourth-order valence-electron chi connectivity index (χ4n) is 4.20. The molecule has 0 bridgehead atoms. The molecular formula is C30H36FN3O5S. The van der Waals surface area contributed by atoms with Gasteiger partial charge < -0.3 is 15.0 Å². The van der Waals surface area contributed by atoms with Crippen molar-refractivity contribution in [3.05, 3.63) is 89.7 Å². The number of methoxy groups -OCH3 is 1. The first-order valence-electron chi connectivity index (χ1n) is 13.0. The third kappa shape index (κ3) is 7.59. The molecule has 0 saturated carbocycles. The molecule has 0 aromatic heterocycles. The lowest BCUT2D eigenvalue weighted by molar-refractivity contribution is -0.140. The van der Waals surface area contributed by atoms with Crippen LogP contribution >= 0.6 is 0 Å². The molecule has 0 heterocycles. The molecule has 0 radical (unpaired) electrons. The van der Waals surface area contributed by atoms with Crippen LogP contribution in [0.4, 0.5) is 10.1 Å². The van der Waals surface area contributed by atoms with E-state index in [0.29, 0.717) is 17.7 Å². The normalized spacial score (nSPS) is 12.1. The van der Waals surface area contributed by atoms with Gasteiger partial charge in [-0.3, -0.25) is 13.9 Å². The first-order chi connectivity index (χ1) is 19.0. The van der Waals surface area contributed by atoms with Crippen LogP contribution in [0.25, 0.3) is 0 Å². The monoisotopic (exact) mass is 569 g/mol. The van der Waals surface area contributed by atoms with Gasteiger partial charge in [0.2, 0.25) is 11.8 Å². The second-order valence-corrected chi connectivity index (χ2v) is 11.6. The fraction of sp³-hybridized carbons (Fsp3) is 0.333. The molecule has 10 heteroatoms. The summed E-state index contributed by atoms with van der Waals surface area (Å²) in [4.78, 5) is 28.5. The third-order valence-corrected chi connectivity index (χ3v) is 8.12. The van der Waals surface area contributed by atoms with Crippen LogP contribution in [0.3, 0.4) is 0 Å². The van der Waals surface area contributed by atoms with E-state index < -0.39 is 34.3 Å². The molecule has 3 aromatic carbocycles. The Bertz CT molecular complexity index is 1390. The number of benzene rings is 3. The number of carbonyl (C=O) groups excluding carboxylic acids is 2. The van der Waals surface area contributed by atoms with Crippen molar-refractivity contribution in [2.75, 3.05) is 18.0 Å². The van der Waals surface area contributed by atoms with E-state index in [2.05, 4.69) is 5.32 Å². The Labute approximate surface area is 235 Å². The van der Waals surface area contributed by atoms with Gasteiger partial charge in [-0.25, -0.2) is 12.8 Å². The molecule has 0 unspecified atom stereocenters. The summed E-state index contributed by atoms with van der Waals surface area (Å²) in [7, 11) is -2.67. The molecule has 0 spiro atoms. The Morgan fingerprint density at radius 3 is 2.08 bits per heavy atom. The lowest BCUT2D eigenvalue weighted by Crippen LogP contribution is -2.53. The van der Waals surface area contributed by atoms with Gasteiger partial charge in [-0.15, -0.1) is 0 Å². The SMILES string of the molecule is CC[C@@H](C(=O)NC(C)C)N(Cc1ccc(F)cc1)C(=O)CN(c1ccc(OC)cc1)S(=O)(=O)c1ccc(C)cc1. The van der Waals surface area contributed by atoms with Crippen LogP contribution in [0.5, 0.6) is 5.75 Å². The van der Waals surface area contributed by atoms with E-state index in [9.17, 15) is 22.4 Å². The van der Waals surface area contributed by atoms with Crippen molar-refractivity contribution in [1.82, 2.24) is 10.2 Å². The number of carbonyl (C=O) groups is 2. The van der Waals surface area contributed by atoms with Crippen molar-refractivity contribution in [1.29, 1.82) is 0 Å². The standard InChI is InChI=1S/C30H36FN3O5S/c1-6-28(30(36)32-21(2)3)33(19-23-9-11-24(31)12-10-23)29(35)20-34(25-13-15-26(39-5)16-14-25)40(37,38)27-17-7-22(4)8-18-27/h7-18,21,28H,6,19-20H2,1-5H3,(H,32,36)/t28-/m0/s1. The van der Waals surface area contributed by atoms with Gasteiger partial charge in [0.1, 0.15) is 24.2 Å². The van der Waals surface area contributed by atoms with Gasteiger partial charge in [-0.1, -0.05) is 36.8 Å². The summed E-state index contributed by atoms with van der Waals surface area (Å²) in [5.74, 6) is -0.842. The van der Waals surface area contributed by atoms with E-state index >= 15 is 0 Å². The van der Waals surface area contributed by atoms with Crippen LogP contribution in [0.2, 0.25) is 0 Å². The van der Waals surface area contributed by atoms with Crippen molar-refractivity contribution in [3.63, 3.8) is 0 Å². The summed E-state index contributed by atoms with van der Waals surface area (Å²) in [5, 5.41) is 2.84. The Kier molecular flexibility index (Phi) is 10.3. The minimum absolute atomic E-state index is 0.00975. The van der Waals surface area contributed by atoms with Gasteiger partial charge in [0.25, 0.3) is 10.0 Å². The van der Waals surface area contributed by atoms with Crippen LogP contribution in [0, 0.1) is 12.7 Å². The molecule has 0 aliphatic carbocycles. The minimum Gasteiger partial charge on any atom is -0.497 e. The largest absolute Gasteiger partial charge is 0.497 e. The average molecular weight is 570 g/mol. The third-order valence-electron chi connectivity index (χ3n) is 6.33. The molecule has 1 atom stereocenters. The maximum atomic E-state index is 14.0. The first kappa shape index (κ1) is 30.6. The van der Waals surface area contributed by atoms with Gasteiger partial charge >= 0.3 is 0 Å². The van der Waals surface area contributed by atoms with Gasteiger partial charge in [0.15, 0.2) is 0 Å². The summed E-state index contributed by atoms with van der Waals surface area (Å²) >= 11 is 0. The summed E-state index contributed by atoms with van der Waals surface area (Å²) in [6.45, 7) is 6.69. The number of aryl methyl sites for hydroxylation is 1. The van der Waals surface area contributed by atoms with Crippen LogP contribution in [0.15, 0.2) is 77.7 Å². The van der Waals surface area contributed by atoms with Crippen molar-refractivity contribution in [2.24, 2.45) is 0 Å². The van der Waals surface area contributed by atoms with Gasteiger partial charge in [-0.05, 0) is 81.3 Å². The molecule has 214 valence electrons. The highest BCUT2D eigenvalue weighted by Gasteiger charge is 2.33. The predicted octanol–water partition coefficient (Wildman–Crippen LogP) is 4.67. The number of hydrogen-bond donors (Lipinski definition) is 1. The summed E-state index contributed by atoms with van der Waals surface area (Å²) < 4.78 is 47.6. The van der Waals surface area contributed by atoms with Crippen LogP contribution in [-0.2, 0) is 26.2 Å². The number of ether oxygens (including phenoxy) is 1. The quantitative estimate of drug-likeness (QED) is 0.342. The van der Waals surface area contributed by atoms with Crippen molar-refractivity contribution in [3.8, 4) is 5.75 Å². The zero-order chi connectivity index (χ0) is 29.4. The number of halogens is 1. The number of sulfonamides is 1. The number of nitrogens with zero attached hydrogens (tertiary/aromatic N) is 2. The van der Waals surface area contributed by atoms with E-state index in [1.807, 2.05) is 20.8 Å². The molecule has 2 amide bonds. The van der Waals surface area contributed by atoms with Crippen LogP contribution in [-0.4, -0.2) is 50.9 Å². The topological polar surface area (TPSA) is 96.0 Å². The van der Waals surface area contributed by atoms with E-state index in [1.54, 1.807) is 43.3 Å². The molecule has 0 aliphatic heterocycles.